The van der Waals surface area contributed by atoms with Crippen molar-refractivity contribution in [2.45, 2.75) is 6.92 Å². The second-order valence-electron chi connectivity index (χ2n) is 6.21. The Labute approximate surface area is 187 Å². The largest absolute Gasteiger partial charge is 0.494 e. The quantitative estimate of drug-likeness (QED) is 0.440. The molecule has 0 atom stereocenters. The van der Waals surface area contributed by atoms with Crippen LogP contribution in [-0.4, -0.2) is 17.7 Å². The molecule has 152 valence electrons. The predicted octanol–water partition coefficient (Wildman–Crippen LogP) is 6.54. The highest BCUT2D eigenvalue weighted by Gasteiger charge is 2.24. The molecular formula is C22H16Cl2N2O3S. The third-order valence-corrected chi connectivity index (χ3v) is 5.88. The first-order chi connectivity index (χ1) is 14.5. The van der Waals surface area contributed by atoms with E-state index in [-0.39, 0.29) is 5.91 Å². The van der Waals surface area contributed by atoms with E-state index >= 15 is 0 Å². The van der Waals surface area contributed by atoms with Gasteiger partial charge in [0.15, 0.2) is 5.17 Å². The van der Waals surface area contributed by atoms with Gasteiger partial charge in [0.2, 0.25) is 0 Å². The van der Waals surface area contributed by atoms with Crippen molar-refractivity contribution in [2.24, 2.45) is 4.99 Å². The molecule has 0 bridgehead atoms. The number of ether oxygens (including phenoxy) is 1. The van der Waals surface area contributed by atoms with E-state index in [9.17, 15) is 4.79 Å². The number of amidine groups is 1. The van der Waals surface area contributed by atoms with Gasteiger partial charge in [0.25, 0.3) is 5.91 Å². The first kappa shape index (κ1) is 20.6. The number of rotatable bonds is 5. The number of hydrogen-bond acceptors (Lipinski definition) is 5. The number of aliphatic imine (C=N–C) groups is 1. The van der Waals surface area contributed by atoms with Gasteiger partial charge >= 0.3 is 0 Å². The Bertz CT molecular complexity index is 1150. The molecule has 0 radical (unpaired) electrons. The zero-order valence-corrected chi connectivity index (χ0v) is 18.1. The van der Waals surface area contributed by atoms with Crippen LogP contribution in [0.5, 0.6) is 5.75 Å². The smallest absolute Gasteiger partial charge is 0.264 e. The van der Waals surface area contributed by atoms with Crippen molar-refractivity contribution in [3.63, 3.8) is 0 Å². The molecule has 1 saturated heterocycles. The van der Waals surface area contributed by atoms with Gasteiger partial charge in [-0.25, -0.2) is 4.99 Å². The second kappa shape index (κ2) is 9.00. The van der Waals surface area contributed by atoms with Crippen LogP contribution < -0.4 is 10.1 Å². The van der Waals surface area contributed by atoms with E-state index in [0.717, 1.165) is 11.4 Å². The molecule has 0 unspecified atom stereocenters. The minimum absolute atomic E-state index is 0.233. The second-order valence-corrected chi connectivity index (χ2v) is 8.03. The van der Waals surface area contributed by atoms with Crippen LogP contribution in [0, 0.1) is 0 Å². The summed E-state index contributed by atoms with van der Waals surface area (Å²) in [6.07, 6.45) is 1.67. The summed E-state index contributed by atoms with van der Waals surface area (Å²) in [4.78, 5) is 17.3. The summed E-state index contributed by atoms with van der Waals surface area (Å²) < 4.78 is 11.3. The zero-order valence-electron chi connectivity index (χ0n) is 15.8. The molecule has 8 heteroatoms. The first-order valence-corrected chi connectivity index (χ1v) is 10.7. The van der Waals surface area contributed by atoms with Crippen molar-refractivity contribution in [1.82, 2.24) is 5.32 Å². The van der Waals surface area contributed by atoms with Crippen LogP contribution in [0.2, 0.25) is 10.0 Å². The normalized spacial score (nSPS) is 16.3. The van der Waals surface area contributed by atoms with Gasteiger partial charge in [-0.1, -0.05) is 29.3 Å². The summed E-state index contributed by atoms with van der Waals surface area (Å²) >= 11 is 13.6. The van der Waals surface area contributed by atoms with Crippen molar-refractivity contribution in [2.75, 3.05) is 6.61 Å². The minimum atomic E-state index is -0.233. The Morgan fingerprint density at radius 2 is 1.93 bits per heavy atom. The highest BCUT2D eigenvalue weighted by molar-refractivity contribution is 8.18. The fourth-order valence-corrected chi connectivity index (χ4v) is 4.00. The van der Waals surface area contributed by atoms with Gasteiger partial charge in [0.05, 0.1) is 27.2 Å². The summed E-state index contributed by atoms with van der Waals surface area (Å²) in [6.45, 7) is 2.53. The molecule has 1 N–H and O–H groups in total. The van der Waals surface area contributed by atoms with E-state index in [4.69, 9.17) is 32.4 Å². The number of halogens is 2. The molecule has 1 aliphatic rings. The molecule has 1 aromatic heterocycles. The molecule has 1 fully saturated rings. The van der Waals surface area contributed by atoms with Crippen LogP contribution in [0.1, 0.15) is 12.7 Å². The summed E-state index contributed by atoms with van der Waals surface area (Å²) in [6, 6.07) is 16.2. The van der Waals surface area contributed by atoms with E-state index < -0.39 is 0 Å². The molecule has 0 spiro atoms. The lowest BCUT2D eigenvalue weighted by Gasteiger charge is -2.02. The summed E-state index contributed by atoms with van der Waals surface area (Å²) in [7, 11) is 0. The molecule has 1 amide bonds. The number of carbonyl (C=O) groups excluding carboxylic acids is 1. The Balaban J connectivity index is 1.52. The maximum Gasteiger partial charge on any atom is 0.264 e. The van der Waals surface area contributed by atoms with Crippen LogP contribution in [0.25, 0.3) is 17.4 Å². The molecule has 2 aromatic carbocycles. The Kier molecular flexibility index (Phi) is 6.18. The number of carbonyl (C=O) groups is 1. The molecular weight excluding hydrogens is 443 g/mol. The lowest BCUT2D eigenvalue weighted by Crippen LogP contribution is -2.19. The molecule has 3 aromatic rings. The Morgan fingerprint density at radius 1 is 1.13 bits per heavy atom. The van der Waals surface area contributed by atoms with Crippen LogP contribution in [0.3, 0.4) is 0 Å². The van der Waals surface area contributed by atoms with Crippen LogP contribution in [-0.2, 0) is 4.79 Å². The summed E-state index contributed by atoms with van der Waals surface area (Å²) in [5, 5.41) is 4.13. The third-order valence-electron chi connectivity index (χ3n) is 4.15. The van der Waals surface area contributed by atoms with Crippen molar-refractivity contribution >= 4 is 57.8 Å². The maximum absolute atomic E-state index is 12.3. The Morgan fingerprint density at radius 3 is 2.70 bits per heavy atom. The van der Waals surface area contributed by atoms with Crippen molar-refractivity contribution in [3.8, 4) is 17.1 Å². The van der Waals surface area contributed by atoms with Gasteiger partial charge in [-0.2, -0.15) is 0 Å². The number of amides is 1. The molecule has 30 heavy (non-hydrogen) atoms. The van der Waals surface area contributed by atoms with Gasteiger partial charge < -0.3 is 14.5 Å². The molecule has 5 nitrogen and oxygen atoms in total. The van der Waals surface area contributed by atoms with E-state index in [0.29, 0.717) is 43.8 Å². The van der Waals surface area contributed by atoms with E-state index in [2.05, 4.69) is 10.3 Å². The number of nitrogens with one attached hydrogen (secondary N) is 1. The average molecular weight is 459 g/mol. The van der Waals surface area contributed by atoms with Crippen LogP contribution in [0.15, 0.2) is 68.9 Å². The molecule has 0 aliphatic carbocycles. The summed E-state index contributed by atoms with van der Waals surface area (Å²) in [5.41, 5.74) is 1.41. The number of nitrogens with zero attached hydrogens (tertiary/aromatic N) is 1. The first-order valence-electron chi connectivity index (χ1n) is 9.10. The molecule has 0 saturated carbocycles. The highest BCUT2D eigenvalue weighted by Crippen LogP contribution is 2.35. The van der Waals surface area contributed by atoms with Crippen molar-refractivity contribution < 1.29 is 13.9 Å². The Hall–Kier alpha value is -2.67. The molecule has 4 rings (SSSR count). The number of benzene rings is 2. The third kappa shape index (κ3) is 4.56. The monoisotopic (exact) mass is 458 g/mol. The molecule has 1 aliphatic heterocycles. The maximum atomic E-state index is 12.3. The standard InChI is InChI=1S/C22H16Cl2N2O3S/c1-2-28-14-8-6-13(7-9-14)25-22-26-21(27)19(30-22)12-15-10-11-18(29-15)16-4-3-5-17(23)20(16)24/h3-12H,2H2,1H3,(H,25,26,27)/b19-12+. The average Bonchev–Trinajstić information content (AvgIpc) is 3.33. The number of furan rings is 1. The summed E-state index contributed by atoms with van der Waals surface area (Å²) in [5.74, 6) is 1.64. The number of hydrogen-bond donors (Lipinski definition) is 1. The van der Waals surface area contributed by atoms with Crippen LogP contribution in [0.4, 0.5) is 5.69 Å². The van der Waals surface area contributed by atoms with Gasteiger partial charge in [-0.05, 0) is 67.2 Å². The van der Waals surface area contributed by atoms with Crippen LogP contribution >= 0.6 is 35.0 Å². The number of thioether (sulfide) groups is 1. The predicted molar refractivity (Wildman–Crippen MR) is 123 cm³/mol. The van der Waals surface area contributed by atoms with Gasteiger partial charge in [0.1, 0.15) is 17.3 Å². The highest BCUT2D eigenvalue weighted by atomic mass is 35.5. The van der Waals surface area contributed by atoms with Gasteiger partial charge in [0, 0.05) is 11.6 Å². The van der Waals surface area contributed by atoms with E-state index in [1.807, 2.05) is 37.3 Å². The fraction of sp³-hybridized carbons (Fsp3) is 0.0909. The van der Waals surface area contributed by atoms with Gasteiger partial charge in [-0.3, -0.25) is 4.79 Å². The topological polar surface area (TPSA) is 63.8 Å². The fourth-order valence-electron chi connectivity index (χ4n) is 2.78. The minimum Gasteiger partial charge on any atom is -0.494 e. The van der Waals surface area contributed by atoms with E-state index in [1.165, 1.54) is 11.8 Å². The lowest BCUT2D eigenvalue weighted by molar-refractivity contribution is -0.115. The molecule has 2 heterocycles. The SMILES string of the molecule is CCOc1ccc(N=C2NC(=O)/C(=C\c3ccc(-c4cccc(Cl)c4Cl)o3)S2)cc1. The van der Waals surface area contributed by atoms with E-state index in [1.54, 1.807) is 30.3 Å². The van der Waals surface area contributed by atoms with Crippen molar-refractivity contribution in [3.05, 3.63) is 75.3 Å². The zero-order chi connectivity index (χ0) is 21.1. The lowest BCUT2D eigenvalue weighted by atomic mass is 10.2. The van der Waals surface area contributed by atoms with Gasteiger partial charge in [-0.15, -0.1) is 0 Å². The van der Waals surface area contributed by atoms with Crippen molar-refractivity contribution in [1.29, 1.82) is 0 Å².